The van der Waals surface area contributed by atoms with Gasteiger partial charge in [-0.3, -0.25) is 14.4 Å². The molecule has 0 radical (unpaired) electrons. The molecular formula is C31H39N5O4. The van der Waals surface area contributed by atoms with Crippen LogP contribution in [0.4, 0.5) is 0 Å². The average molecular weight is 546 g/mol. The predicted molar refractivity (Wildman–Crippen MR) is 156 cm³/mol. The van der Waals surface area contributed by atoms with Gasteiger partial charge in [-0.15, -0.1) is 0 Å². The molecule has 9 heteroatoms. The standard InChI is InChI=1S/C31H39N5O4/c1-18(2)26(32-5)30(38)36-27-28(19(3)4)40-22-12-10-20(11-13-22)14-15-33-29(37)25(35-31(27)39)16-21-17-34-24-9-7-6-8-23(21)24/h6-15,17-19,25-28,32,34H,16H2,1-5H3,(H,33,37)(H,35,39)(H,36,38)/b15-14-/t25-,26-,27-,28+/m0/s1. The fourth-order valence-corrected chi connectivity index (χ4v) is 5.02. The molecule has 0 unspecified atom stereocenters. The summed E-state index contributed by atoms with van der Waals surface area (Å²) in [6, 6.07) is 12.7. The molecule has 2 aromatic carbocycles. The second-order valence-corrected chi connectivity index (χ2v) is 10.9. The van der Waals surface area contributed by atoms with Crippen LogP contribution in [0.5, 0.6) is 5.75 Å². The maximum absolute atomic E-state index is 14.0. The number of hydrogen-bond acceptors (Lipinski definition) is 5. The van der Waals surface area contributed by atoms with Crippen LogP contribution in [-0.4, -0.2) is 54.0 Å². The third-order valence-electron chi connectivity index (χ3n) is 7.21. The number of rotatable bonds is 7. The van der Waals surface area contributed by atoms with Crippen LogP contribution >= 0.6 is 0 Å². The molecule has 0 aliphatic carbocycles. The van der Waals surface area contributed by atoms with Crippen molar-refractivity contribution in [3.05, 3.63) is 72.1 Å². The summed E-state index contributed by atoms with van der Waals surface area (Å²) in [5.74, 6) is -0.757. The van der Waals surface area contributed by atoms with Gasteiger partial charge in [-0.05, 0) is 54.3 Å². The monoisotopic (exact) mass is 545 g/mol. The Morgan fingerprint density at radius 3 is 2.40 bits per heavy atom. The van der Waals surface area contributed by atoms with Crippen molar-refractivity contribution in [2.45, 2.75) is 58.3 Å². The van der Waals surface area contributed by atoms with Crippen LogP contribution < -0.4 is 26.0 Å². The molecule has 9 nitrogen and oxygen atoms in total. The first-order valence-electron chi connectivity index (χ1n) is 13.7. The van der Waals surface area contributed by atoms with Crippen LogP contribution in [-0.2, 0) is 20.8 Å². The van der Waals surface area contributed by atoms with Crippen molar-refractivity contribution in [3.8, 4) is 5.75 Å². The Labute approximate surface area is 235 Å². The quantitative estimate of drug-likeness (QED) is 0.312. The number of fused-ring (bicyclic) bond motifs is 11. The molecule has 2 aliphatic rings. The predicted octanol–water partition coefficient (Wildman–Crippen LogP) is 3.13. The van der Waals surface area contributed by atoms with Crippen LogP contribution in [0.15, 0.2) is 60.9 Å². The lowest BCUT2D eigenvalue weighted by molar-refractivity contribution is -0.135. The zero-order valence-electron chi connectivity index (χ0n) is 23.7. The van der Waals surface area contributed by atoms with E-state index in [1.807, 2.05) is 82.4 Å². The van der Waals surface area contributed by atoms with E-state index in [0.29, 0.717) is 5.75 Å². The fraction of sp³-hybridized carbons (Fsp3) is 0.387. The molecule has 1 aromatic heterocycles. The molecule has 40 heavy (non-hydrogen) atoms. The van der Waals surface area contributed by atoms with E-state index in [1.54, 1.807) is 19.3 Å². The molecule has 5 rings (SSSR count). The number of para-hydroxylation sites is 1. The lowest BCUT2D eigenvalue weighted by atomic mass is 9.96. The molecule has 5 N–H and O–H groups in total. The summed E-state index contributed by atoms with van der Waals surface area (Å²) in [6.07, 6.45) is 4.75. The van der Waals surface area contributed by atoms with Gasteiger partial charge in [0.25, 0.3) is 0 Å². The molecule has 4 atom stereocenters. The van der Waals surface area contributed by atoms with E-state index >= 15 is 0 Å². The van der Waals surface area contributed by atoms with Gasteiger partial charge in [-0.2, -0.15) is 0 Å². The van der Waals surface area contributed by atoms with Gasteiger partial charge in [-0.1, -0.05) is 58.0 Å². The third-order valence-corrected chi connectivity index (χ3v) is 7.21. The summed E-state index contributed by atoms with van der Waals surface area (Å²) >= 11 is 0. The van der Waals surface area contributed by atoms with Gasteiger partial charge in [0.05, 0.1) is 6.04 Å². The van der Waals surface area contributed by atoms with Gasteiger partial charge in [-0.25, -0.2) is 0 Å². The molecular weight excluding hydrogens is 506 g/mol. The van der Waals surface area contributed by atoms with E-state index < -0.39 is 30.1 Å². The van der Waals surface area contributed by atoms with E-state index in [1.165, 1.54) is 0 Å². The van der Waals surface area contributed by atoms with Gasteiger partial charge >= 0.3 is 0 Å². The van der Waals surface area contributed by atoms with Gasteiger partial charge < -0.3 is 31.0 Å². The molecule has 3 heterocycles. The molecule has 3 aromatic rings. The Morgan fingerprint density at radius 2 is 1.73 bits per heavy atom. The Hall–Kier alpha value is -4.11. The van der Waals surface area contributed by atoms with E-state index in [-0.39, 0.29) is 30.1 Å². The summed E-state index contributed by atoms with van der Waals surface area (Å²) in [5, 5.41) is 12.7. The fourth-order valence-electron chi connectivity index (χ4n) is 5.02. The molecule has 2 bridgehead atoms. The van der Waals surface area contributed by atoms with Crippen LogP contribution in [0.25, 0.3) is 17.0 Å². The van der Waals surface area contributed by atoms with E-state index in [2.05, 4.69) is 26.3 Å². The van der Waals surface area contributed by atoms with E-state index in [9.17, 15) is 14.4 Å². The van der Waals surface area contributed by atoms with Crippen LogP contribution in [0.3, 0.4) is 0 Å². The molecule has 0 fully saturated rings. The Balaban J connectivity index is 1.73. The number of aromatic nitrogens is 1. The van der Waals surface area contributed by atoms with Crippen molar-refractivity contribution in [3.63, 3.8) is 0 Å². The van der Waals surface area contributed by atoms with Crippen molar-refractivity contribution in [1.29, 1.82) is 0 Å². The summed E-state index contributed by atoms with van der Waals surface area (Å²) in [7, 11) is 1.71. The Bertz CT molecular complexity index is 1360. The Kier molecular flexibility index (Phi) is 9.26. The van der Waals surface area contributed by atoms with Gasteiger partial charge in [0, 0.05) is 29.7 Å². The second-order valence-electron chi connectivity index (χ2n) is 10.9. The minimum Gasteiger partial charge on any atom is -0.487 e. The summed E-state index contributed by atoms with van der Waals surface area (Å²) in [4.78, 5) is 44.0. The lowest BCUT2D eigenvalue weighted by Crippen LogP contribution is -2.62. The van der Waals surface area contributed by atoms with Crippen molar-refractivity contribution < 1.29 is 19.1 Å². The van der Waals surface area contributed by atoms with Crippen molar-refractivity contribution in [2.24, 2.45) is 11.8 Å². The van der Waals surface area contributed by atoms with Crippen molar-refractivity contribution >= 4 is 34.7 Å². The maximum Gasteiger partial charge on any atom is 0.247 e. The number of ether oxygens (including phenoxy) is 1. The van der Waals surface area contributed by atoms with Crippen LogP contribution in [0.2, 0.25) is 0 Å². The highest BCUT2D eigenvalue weighted by atomic mass is 16.5. The van der Waals surface area contributed by atoms with E-state index in [4.69, 9.17) is 4.74 Å². The summed E-state index contributed by atoms with van der Waals surface area (Å²) in [5.41, 5.74) is 2.71. The number of hydrogen-bond donors (Lipinski definition) is 5. The number of carbonyl (C=O) groups excluding carboxylic acids is 3. The smallest absolute Gasteiger partial charge is 0.247 e. The second kappa shape index (κ2) is 12.8. The molecule has 0 spiro atoms. The molecule has 3 amide bonds. The first-order chi connectivity index (χ1) is 19.2. The zero-order valence-corrected chi connectivity index (χ0v) is 23.7. The highest BCUT2D eigenvalue weighted by Gasteiger charge is 2.37. The third kappa shape index (κ3) is 6.71. The first-order valence-corrected chi connectivity index (χ1v) is 13.7. The molecule has 0 saturated heterocycles. The largest absolute Gasteiger partial charge is 0.487 e. The van der Waals surface area contributed by atoms with Crippen molar-refractivity contribution in [1.82, 2.24) is 26.3 Å². The minimum atomic E-state index is -1.06. The van der Waals surface area contributed by atoms with Crippen LogP contribution in [0, 0.1) is 11.8 Å². The lowest BCUT2D eigenvalue weighted by Gasteiger charge is -2.33. The zero-order chi connectivity index (χ0) is 28.8. The highest BCUT2D eigenvalue weighted by molar-refractivity contribution is 5.94. The number of carbonyl (C=O) groups is 3. The topological polar surface area (TPSA) is 124 Å². The number of aromatic amines is 1. The normalized spacial score (nSPS) is 21.4. The van der Waals surface area contributed by atoms with Gasteiger partial charge in [0.15, 0.2) is 0 Å². The van der Waals surface area contributed by atoms with Crippen LogP contribution in [0.1, 0.15) is 38.8 Å². The SMILES string of the molecule is CN[C@H](C(=O)N[C@@H]1C(=O)N[C@@H](Cc2c[nH]c3ccccc23)C(=O)N/C=C\c2ccc(cc2)O[C@@H]1C(C)C)C(C)C. The molecule has 212 valence electrons. The van der Waals surface area contributed by atoms with Gasteiger partial charge in [0.1, 0.15) is 23.9 Å². The maximum atomic E-state index is 14.0. The minimum absolute atomic E-state index is 0.00952. The molecule has 2 aliphatic heterocycles. The highest BCUT2D eigenvalue weighted by Crippen LogP contribution is 2.22. The summed E-state index contributed by atoms with van der Waals surface area (Å²) < 4.78 is 6.33. The number of nitrogens with one attached hydrogen (secondary N) is 5. The first kappa shape index (κ1) is 28.9. The number of likely N-dealkylation sites (N-methyl/N-ethyl adjacent to an activating group) is 1. The number of benzene rings is 2. The average Bonchev–Trinajstić information content (AvgIpc) is 3.33. The Morgan fingerprint density at radius 1 is 1.00 bits per heavy atom. The summed E-state index contributed by atoms with van der Waals surface area (Å²) in [6.45, 7) is 7.74. The van der Waals surface area contributed by atoms with E-state index in [0.717, 1.165) is 22.0 Å². The van der Waals surface area contributed by atoms with Crippen molar-refractivity contribution in [2.75, 3.05) is 7.05 Å². The molecule has 0 saturated carbocycles. The number of amides is 3. The van der Waals surface area contributed by atoms with Gasteiger partial charge in [0.2, 0.25) is 17.7 Å². The number of H-pyrrole nitrogens is 1.